The first-order valence-electron chi connectivity index (χ1n) is 10.1. The van der Waals surface area contributed by atoms with Crippen LogP contribution in [-0.4, -0.2) is 60.3 Å². The first-order chi connectivity index (χ1) is 15.2. The first kappa shape index (κ1) is 23.6. The van der Waals surface area contributed by atoms with E-state index in [1.807, 2.05) is 42.5 Å². The van der Waals surface area contributed by atoms with Crippen molar-refractivity contribution in [2.45, 2.75) is 58.1 Å². The maximum Gasteiger partial charge on any atom is 0.303 e. The number of carbonyl (C=O) groups excluding carboxylic acids is 3. The Labute approximate surface area is 185 Å². The minimum atomic E-state index is -1.58. The predicted molar refractivity (Wildman–Crippen MR) is 111 cm³/mol. The van der Waals surface area contributed by atoms with Crippen molar-refractivity contribution in [3.63, 3.8) is 0 Å². The Kier molecular flexibility index (Phi) is 7.79. The van der Waals surface area contributed by atoms with E-state index in [1.165, 1.54) is 20.8 Å². The monoisotopic (exact) mass is 446 g/mol. The fourth-order valence-electron chi connectivity index (χ4n) is 3.59. The van der Waals surface area contributed by atoms with Gasteiger partial charge in [0.05, 0.1) is 6.61 Å². The van der Waals surface area contributed by atoms with Gasteiger partial charge >= 0.3 is 17.9 Å². The third-order valence-corrected chi connectivity index (χ3v) is 4.92. The average Bonchev–Trinajstić information content (AvgIpc) is 2.73. The van der Waals surface area contributed by atoms with Crippen molar-refractivity contribution >= 4 is 28.7 Å². The van der Waals surface area contributed by atoms with E-state index in [4.69, 9.17) is 23.7 Å². The Morgan fingerprint density at radius 3 is 2.19 bits per heavy atom. The number of rotatable bonds is 7. The number of benzene rings is 2. The van der Waals surface area contributed by atoms with Crippen LogP contribution in [0.25, 0.3) is 10.8 Å². The van der Waals surface area contributed by atoms with Gasteiger partial charge in [0.2, 0.25) is 0 Å². The van der Waals surface area contributed by atoms with Crippen LogP contribution >= 0.6 is 0 Å². The van der Waals surface area contributed by atoms with Crippen molar-refractivity contribution in [1.29, 1.82) is 0 Å². The molecule has 32 heavy (non-hydrogen) atoms. The van der Waals surface area contributed by atoms with Crippen molar-refractivity contribution in [3.05, 3.63) is 48.0 Å². The number of ether oxygens (including phenoxy) is 5. The maximum absolute atomic E-state index is 11.8. The largest absolute Gasteiger partial charge is 0.463 e. The number of fused-ring (bicyclic) bond motifs is 1. The second-order valence-electron chi connectivity index (χ2n) is 7.47. The Morgan fingerprint density at radius 2 is 1.53 bits per heavy atom. The lowest BCUT2D eigenvalue weighted by atomic mass is 9.98. The molecule has 0 aromatic heterocycles. The van der Waals surface area contributed by atoms with E-state index in [2.05, 4.69) is 0 Å². The summed E-state index contributed by atoms with van der Waals surface area (Å²) < 4.78 is 27.1. The topological polar surface area (TPSA) is 118 Å². The molecule has 2 aromatic carbocycles. The van der Waals surface area contributed by atoms with Crippen LogP contribution < -0.4 is 0 Å². The Balaban J connectivity index is 1.86. The summed E-state index contributed by atoms with van der Waals surface area (Å²) in [6, 6.07) is 13.6. The second kappa shape index (κ2) is 10.5. The SMILES string of the molecule is CC(=O)OC[C@H]1OC(O)[C@H](OC(C)=O)[C@@H](OCc2ccc3ccccc3c2)[C@@H]1OC(C)=O. The fourth-order valence-corrected chi connectivity index (χ4v) is 3.59. The highest BCUT2D eigenvalue weighted by Crippen LogP contribution is 2.29. The molecule has 1 aliphatic heterocycles. The number of aliphatic hydroxyl groups is 1. The van der Waals surface area contributed by atoms with E-state index in [0.717, 1.165) is 16.3 Å². The van der Waals surface area contributed by atoms with Crippen LogP contribution in [-0.2, 0) is 44.7 Å². The quantitative estimate of drug-likeness (QED) is 0.502. The Bertz CT molecular complexity index is 973. The van der Waals surface area contributed by atoms with Crippen LogP contribution in [0.2, 0.25) is 0 Å². The molecule has 9 heteroatoms. The zero-order valence-electron chi connectivity index (χ0n) is 18.1. The van der Waals surface area contributed by atoms with Crippen molar-refractivity contribution in [3.8, 4) is 0 Å². The molecule has 3 rings (SSSR count). The van der Waals surface area contributed by atoms with Gasteiger partial charge in [-0.2, -0.15) is 0 Å². The molecule has 0 amide bonds. The minimum absolute atomic E-state index is 0.0814. The highest BCUT2D eigenvalue weighted by molar-refractivity contribution is 5.82. The number of carbonyl (C=O) groups is 3. The summed E-state index contributed by atoms with van der Waals surface area (Å²) in [5.74, 6) is -1.87. The zero-order valence-corrected chi connectivity index (χ0v) is 18.1. The van der Waals surface area contributed by atoms with Gasteiger partial charge in [-0.05, 0) is 22.4 Å². The maximum atomic E-state index is 11.8. The molecule has 0 spiro atoms. The van der Waals surface area contributed by atoms with Crippen LogP contribution in [0.5, 0.6) is 0 Å². The molecular weight excluding hydrogens is 420 g/mol. The number of aliphatic hydroxyl groups excluding tert-OH is 1. The highest BCUT2D eigenvalue weighted by atomic mass is 16.7. The number of esters is 3. The van der Waals surface area contributed by atoms with Gasteiger partial charge in [-0.3, -0.25) is 14.4 Å². The van der Waals surface area contributed by atoms with Crippen molar-refractivity contribution in [2.75, 3.05) is 6.61 Å². The van der Waals surface area contributed by atoms with E-state index >= 15 is 0 Å². The third kappa shape index (κ3) is 6.03. The molecule has 1 aliphatic rings. The van der Waals surface area contributed by atoms with E-state index in [1.54, 1.807) is 0 Å². The van der Waals surface area contributed by atoms with E-state index in [-0.39, 0.29) is 13.2 Å². The Morgan fingerprint density at radius 1 is 0.875 bits per heavy atom. The molecule has 1 heterocycles. The van der Waals surface area contributed by atoms with Crippen molar-refractivity contribution < 1.29 is 43.2 Å². The molecule has 0 aliphatic carbocycles. The van der Waals surface area contributed by atoms with Gasteiger partial charge in [-0.15, -0.1) is 0 Å². The molecule has 1 N–H and O–H groups in total. The summed E-state index contributed by atoms with van der Waals surface area (Å²) in [4.78, 5) is 34.6. The summed E-state index contributed by atoms with van der Waals surface area (Å²) in [6.07, 6.45) is -6.02. The lowest BCUT2D eigenvalue weighted by Crippen LogP contribution is -2.62. The zero-order chi connectivity index (χ0) is 23.3. The first-order valence-corrected chi connectivity index (χ1v) is 10.1. The van der Waals surface area contributed by atoms with Crippen LogP contribution in [0.1, 0.15) is 26.3 Å². The lowest BCUT2D eigenvalue weighted by Gasteiger charge is -2.43. The molecule has 0 radical (unpaired) electrons. The third-order valence-electron chi connectivity index (χ3n) is 4.92. The molecular formula is C23H26O9. The molecule has 1 fully saturated rings. The van der Waals surface area contributed by atoms with Gasteiger partial charge in [0.25, 0.3) is 0 Å². The summed E-state index contributed by atoms with van der Waals surface area (Å²) in [5.41, 5.74) is 0.823. The smallest absolute Gasteiger partial charge is 0.303 e. The van der Waals surface area contributed by atoms with Gasteiger partial charge in [-0.25, -0.2) is 0 Å². The molecule has 0 bridgehead atoms. The van der Waals surface area contributed by atoms with Crippen LogP contribution in [0.15, 0.2) is 42.5 Å². The highest BCUT2D eigenvalue weighted by Gasteiger charge is 2.50. The molecule has 0 saturated carbocycles. The van der Waals surface area contributed by atoms with Crippen LogP contribution in [0, 0.1) is 0 Å². The van der Waals surface area contributed by atoms with E-state index in [9.17, 15) is 19.5 Å². The summed E-state index contributed by atoms with van der Waals surface area (Å²) in [6.45, 7) is 3.40. The van der Waals surface area contributed by atoms with Crippen molar-refractivity contribution in [1.82, 2.24) is 0 Å². The lowest BCUT2D eigenvalue weighted by molar-refractivity contribution is -0.302. The minimum Gasteiger partial charge on any atom is -0.463 e. The summed E-state index contributed by atoms with van der Waals surface area (Å²) in [7, 11) is 0. The van der Waals surface area contributed by atoms with Gasteiger partial charge in [0, 0.05) is 20.8 Å². The van der Waals surface area contributed by atoms with Crippen LogP contribution in [0.3, 0.4) is 0 Å². The van der Waals surface area contributed by atoms with Gasteiger partial charge < -0.3 is 28.8 Å². The average molecular weight is 446 g/mol. The number of hydrogen-bond donors (Lipinski definition) is 1. The summed E-state index contributed by atoms with van der Waals surface area (Å²) >= 11 is 0. The van der Waals surface area contributed by atoms with Crippen LogP contribution in [0.4, 0.5) is 0 Å². The fraction of sp³-hybridized carbons (Fsp3) is 0.435. The molecule has 2 aromatic rings. The van der Waals surface area contributed by atoms with Gasteiger partial charge in [0.1, 0.15) is 18.8 Å². The normalized spacial score (nSPS) is 25.2. The van der Waals surface area contributed by atoms with Gasteiger partial charge in [0.15, 0.2) is 18.5 Å². The predicted octanol–water partition coefficient (Wildman–Crippen LogP) is 1.87. The molecule has 172 valence electrons. The Hall–Kier alpha value is -3.01. The molecule has 5 atom stereocenters. The molecule has 1 saturated heterocycles. The summed E-state index contributed by atoms with van der Waals surface area (Å²) in [5, 5.41) is 12.5. The van der Waals surface area contributed by atoms with E-state index < -0.39 is 48.6 Å². The van der Waals surface area contributed by atoms with Crippen molar-refractivity contribution in [2.24, 2.45) is 0 Å². The number of hydrogen-bond acceptors (Lipinski definition) is 9. The second-order valence-corrected chi connectivity index (χ2v) is 7.47. The molecule has 9 nitrogen and oxygen atoms in total. The van der Waals surface area contributed by atoms with Gasteiger partial charge in [-0.1, -0.05) is 36.4 Å². The van der Waals surface area contributed by atoms with E-state index in [0.29, 0.717) is 0 Å². The standard InChI is InChI=1S/C23H26O9/c1-13(24)28-12-19-20(30-14(2)25)21(22(23(27)32-19)31-15(3)26)29-11-16-8-9-17-6-4-5-7-18(17)10-16/h4-10,19-23,27H,11-12H2,1-3H3/t19-,20-,21+,22-,23?/m1/s1. The molecule has 1 unspecified atom stereocenters.